The summed E-state index contributed by atoms with van der Waals surface area (Å²) in [6, 6.07) is 22.4. The molecule has 1 amide bonds. The van der Waals surface area contributed by atoms with Crippen LogP contribution in [0.15, 0.2) is 87.2 Å². The number of anilines is 1. The van der Waals surface area contributed by atoms with Crippen molar-refractivity contribution in [3.63, 3.8) is 0 Å². The number of aryl methyl sites for hydroxylation is 1. The van der Waals surface area contributed by atoms with Gasteiger partial charge in [-0.25, -0.2) is 4.57 Å². The minimum absolute atomic E-state index is 0.139. The third-order valence-electron chi connectivity index (χ3n) is 5.14. The van der Waals surface area contributed by atoms with Crippen LogP contribution in [0.5, 0.6) is 0 Å². The molecule has 3 aromatic carbocycles. The molecule has 0 radical (unpaired) electrons. The van der Waals surface area contributed by atoms with Gasteiger partial charge in [-0.05, 0) is 64.8 Å². The summed E-state index contributed by atoms with van der Waals surface area (Å²) in [6.45, 7) is 1.99. The van der Waals surface area contributed by atoms with Crippen LogP contribution in [0.2, 0.25) is 0 Å². The zero-order chi connectivity index (χ0) is 22.9. The average Bonchev–Trinajstić information content (AvgIpc) is 3.24. The number of benzene rings is 3. The summed E-state index contributed by atoms with van der Waals surface area (Å²) < 4.78 is 4.19. The molecule has 164 valence electrons. The molecular weight excluding hydrogens is 502 g/mol. The average molecular weight is 520 g/mol. The second-order valence-electron chi connectivity index (χ2n) is 7.43. The predicted octanol–water partition coefficient (Wildman–Crippen LogP) is 4.84. The third-order valence-corrected chi connectivity index (χ3v) is 6.73. The maximum Gasteiger partial charge on any atom is 0.267 e. The molecule has 0 aliphatic carbocycles. The lowest BCUT2D eigenvalue weighted by atomic mass is 10.2. The van der Waals surface area contributed by atoms with E-state index in [-0.39, 0.29) is 17.2 Å². The molecule has 2 aromatic heterocycles. The van der Waals surface area contributed by atoms with Gasteiger partial charge in [-0.3, -0.25) is 14.0 Å². The summed E-state index contributed by atoms with van der Waals surface area (Å²) in [5, 5.41) is 12.6. The Morgan fingerprint density at radius 2 is 1.79 bits per heavy atom. The highest BCUT2D eigenvalue weighted by molar-refractivity contribution is 9.10. The lowest BCUT2D eigenvalue weighted by Gasteiger charge is -2.11. The minimum Gasteiger partial charge on any atom is -0.324 e. The van der Waals surface area contributed by atoms with Gasteiger partial charge in [0.15, 0.2) is 5.16 Å². The number of carbonyl (C=O) groups is 1. The van der Waals surface area contributed by atoms with Crippen molar-refractivity contribution in [1.82, 2.24) is 19.2 Å². The Kier molecular flexibility index (Phi) is 5.74. The molecule has 0 unspecified atom stereocenters. The van der Waals surface area contributed by atoms with Crippen molar-refractivity contribution in [2.75, 3.05) is 11.1 Å². The first kappa shape index (κ1) is 21.4. The van der Waals surface area contributed by atoms with Crippen LogP contribution in [0.1, 0.15) is 5.56 Å². The van der Waals surface area contributed by atoms with Crippen LogP contribution >= 0.6 is 27.7 Å². The quantitative estimate of drug-likeness (QED) is 0.336. The molecule has 1 N–H and O–H groups in total. The highest BCUT2D eigenvalue weighted by Crippen LogP contribution is 2.25. The number of nitrogens with zero attached hydrogens (tertiary/aromatic N) is 4. The van der Waals surface area contributed by atoms with Crippen LogP contribution in [0.3, 0.4) is 0 Å². The summed E-state index contributed by atoms with van der Waals surface area (Å²) in [4.78, 5) is 25.9. The molecular formula is C24H18BrN5O2S. The van der Waals surface area contributed by atoms with Crippen molar-refractivity contribution in [1.29, 1.82) is 0 Å². The van der Waals surface area contributed by atoms with Gasteiger partial charge >= 0.3 is 0 Å². The smallest absolute Gasteiger partial charge is 0.267 e. The molecule has 33 heavy (non-hydrogen) atoms. The SMILES string of the molecule is Cc1ccc(NC(=O)CSc2nnc3n(-c4ccccc4)c(=O)c4ccccc4n23)c(Br)c1. The van der Waals surface area contributed by atoms with Crippen LogP contribution in [0.4, 0.5) is 5.69 Å². The maximum absolute atomic E-state index is 13.3. The van der Waals surface area contributed by atoms with E-state index in [0.717, 1.165) is 10.0 Å². The van der Waals surface area contributed by atoms with E-state index in [9.17, 15) is 9.59 Å². The molecule has 0 aliphatic rings. The molecule has 0 spiro atoms. The van der Waals surface area contributed by atoms with Crippen molar-refractivity contribution in [2.45, 2.75) is 12.1 Å². The Bertz CT molecular complexity index is 1560. The molecule has 7 nitrogen and oxygen atoms in total. The van der Waals surface area contributed by atoms with Gasteiger partial charge in [-0.15, -0.1) is 10.2 Å². The molecule has 0 fully saturated rings. The van der Waals surface area contributed by atoms with E-state index < -0.39 is 0 Å². The van der Waals surface area contributed by atoms with Crippen LogP contribution in [0, 0.1) is 6.92 Å². The summed E-state index contributed by atoms with van der Waals surface area (Å²) in [7, 11) is 0. The first-order valence-electron chi connectivity index (χ1n) is 10.2. The standard InChI is InChI=1S/C24H18BrN5O2S/c1-15-11-12-19(18(25)13-15)26-21(31)14-33-24-28-27-23-29(16-7-3-2-4-8-16)22(32)17-9-5-6-10-20(17)30(23)24/h2-13H,14H2,1H3,(H,26,31). The monoisotopic (exact) mass is 519 g/mol. The molecule has 5 rings (SSSR count). The van der Waals surface area contributed by atoms with Crippen LogP contribution in [-0.2, 0) is 4.79 Å². The number of thioether (sulfide) groups is 1. The number of fused-ring (bicyclic) bond motifs is 3. The Balaban J connectivity index is 1.53. The summed E-state index contributed by atoms with van der Waals surface area (Å²) in [5.41, 5.74) is 3.03. The molecule has 0 saturated heterocycles. The van der Waals surface area contributed by atoms with Gasteiger partial charge in [0.2, 0.25) is 11.7 Å². The highest BCUT2D eigenvalue weighted by Gasteiger charge is 2.18. The largest absolute Gasteiger partial charge is 0.324 e. The molecule has 0 aliphatic heterocycles. The van der Waals surface area contributed by atoms with Crippen molar-refractivity contribution in [3.05, 3.63) is 93.2 Å². The predicted molar refractivity (Wildman–Crippen MR) is 134 cm³/mol. The van der Waals surface area contributed by atoms with E-state index in [0.29, 0.717) is 33.2 Å². The first-order chi connectivity index (χ1) is 16.0. The van der Waals surface area contributed by atoms with Gasteiger partial charge in [-0.2, -0.15) is 0 Å². The van der Waals surface area contributed by atoms with Crippen LogP contribution in [-0.4, -0.2) is 30.8 Å². The highest BCUT2D eigenvalue weighted by atomic mass is 79.9. The molecule has 2 heterocycles. The van der Waals surface area contributed by atoms with Gasteiger partial charge in [-0.1, -0.05) is 48.2 Å². The normalized spacial score (nSPS) is 11.2. The number of rotatable bonds is 5. The lowest BCUT2D eigenvalue weighted by molar-refractivity contribution is -0.113. The number of amides is 1. The van der Waals surface area contributed by atoms with E-state index in [1.807, 2.05) is 78.1 Å². The number of carbonyl (C=O) groups excluding carboxylic acids is 1. The Morgan fingerprint density at radius 3 is 2.58 bits per heavy atom. The van der Waals surface area contributed by atoms with Crippen molar-refractivity contribution < 1.29 is 4.79 Å². The zero-order valence-electron chi connectivity index (χ0n) is 17.5. The van der Waals surface area contributed by atoms with E-state index >= 15 is 0 Å². The van der Waals surface area contributed by atoms with Gasteiger partial charge in [0, 0.05) is 4.47 Å². The molecule has 9 heteroatoms. The second-order valence-corrected chi connectivity index (χ2v) is 9.23. The van der Waals surface area contributed by atoms with Gasteiger partial charge in [0.1, 0.15) is 0 Å². The zero-order valence-corrected chi connectivity index (χ0v) is 19.9. The first-order valence-corrected chi connectivity index (χ1v) is 11.9. The summed E-state index contributed by atoms with van der Waals surface area (Å²) >= 11 is 4.75. The Morgan fingerprint density at radius 1 is 1.03 bits per heavy atom. The van der Waals surface area contributed by atoms with Crippen LogP contribution in [0.25, 0.3) is 22.4 Å². The van der Waals surface area contributed by atoms with E-state index in [1.54, 1.807) is 10.6 Å². The van der Waals surface area contributed by atoms with E-state index in [4.69, 9.17) is 0 Å². The number of nitrogens with one attached hydrogen (secondary N) is 1. The molecule has 0 atom stereocenters. The van der Waals surface area contributed by atoms with Gasteiger partial charge in [0.05, 0.1) is 28.0 Å². The summed E-state index contributed by atoms with van der Waals surface area (Å²) in [5.74, 6) is 0.371. The third kappa shape index (κ3) is 4.05. The second kappa shape index (κ2) is 8.84. The van der Waals surface area contributed by atoms with E-state index in [1.165, 1.54) is 11.8 Å². The van der Waals surface area contributed by atoms with Gasteiger partial charge in [0.25, 0.3) is 5.56 Å². The van der Waals surface area contributed by atoms with Crippen molar-refractivity contribution >= 4 is 56.0 Å². The molecule has 0 saturated carbocycles. The topological polar surface area (TPSA) is 81.3 Å². The minimum atomic E-state index is -0.171. The fourth-order valence-corrected chi connectivity index (χ4v) is 4.95. The van der Waals surface area contributed by atoms with Crippen molar-refractivity contribution in [2.24, 2.45) is 0 Å². The van der Waals surface area contributed by atoms with E-state index in [2.05, 4.69) is 31.4 Å². The Labute approximate surface area is 201 Å². The fourth-order valence-electron chi connectivity index (χ4n) is 3.62. The number of hydrogen-bond donors (Lipinski definition) is 1. The number of halogens is 1. The van der Waals surface area contributed by atoms with Gasteiger partial charge < -0.3 is 5.32 Å². The number of aromatic nitrogens is 4. The number of hydrogen-bond acceptors (Lipinski definition) is 5. The lowest BCUT2D eigenvalue weighted by Crippen LogP contribution is -2.21. The fraction of sp³-hybridized carbons (Fsp3) is 0.0833. The summed E-state index contributed by atoms with van der Waals surface area (Å²) in [6.07, 6.45) is 0. The molecule has 5 aromatic rings. The number of para-hydroxylation sites is 2. The maximum atomic E-state index is 13.3. The van der Waals surface area contributed by atoms with Crippen molar-refractivity contribution in [3.8, 4) is 5.69 Å². The van der Waals surface area contributed by atoms with Crippen LogP contribution < -0.4 is 10.9 Å². The Hall–Kier alpha value is -3.43. The molecule has 0 bridgehead atoms.